The predicted molar refractivity (Wildman–Crippen MR) is 102 cm³/mol. The summed E-state index contributed by atoms with van der Waals surface area (Å²) in [5, 5.41) is 11.7. The molecule has 0 aliphatic carbocycles. The molecule has 162 valence electrons. The highest BCUT2D eigenvalue weighted by atomic mass is 32.2. The van der Waals surface area contributed by atoms with Crippen molar-refractivity contribution in [3.8, 4) is 0 Å². The van der Waals surface area contributed by atoms with Gasteiger partial charge in [0.05, 0.1) is 6.10 Å². The maximum absolute atomic E-state index is 11.8. The molecule has 0 spiro atoms. The molecule has 2 heterocycles. The van der Waals surface area contributed by atoms with Crippen molar-refractivity contribution in [1.82, 2.24) is 5.32 Å². The molecule has 2 saturated heterocycles. The van der Waals surface area contributed by atoms with Gasteiger partial charge in [-0.2, -0.15) is 11.8 Å². The van der Waals surface area contributed by atoms with Crippen molar-refractivity contribution < 1.29 is 38.4 Å². The molecule has 9 nitrogen and oxygen atoms in total. The highest BCUT2D eigenvalue weighted by molar-refractivity contribution is 7.99. The van der Waals surface area contributed by atoms with Crippen LogP contribution in [0.4, 0.5) is 4.79 Å². The second-order valence-electron chi connectivity index (χ2n) is 8.24. The zero-order valence-corrected chi connectivity index (χ0v) is 18.0. The van der Waals surface area contributed by atoms with Crippen LogP contribution in [0.25, 0.3) is 0 Å². The Bertz CT molecular complexity index is 564. The van der Waals surface area contributed by atoms with Crippen LogP contribution in [0.15, 0.2) is 0 Å². The van der Waals surface area contributed by atoms with Gasteiger partial charge in [0.1, 0.15) is 23.9 Å². The normalized spacial score (nSPS) is 29.9. The number of carboxylic acids is 1. The molecule has 2 aliphatic rings. The van der Waals surface area contributed by atoms with Crippen LogP contribution in [-0.2, 0) is 28.5 Å². The van der Waals surface area contributed by atoms with E-state index in [0.717, 1.165) is 0 Å². The number of rotatable bonds is 8. The number of carboxylic acid groups (broad SMARTS) is 1. The minimum absolute atomic E-state index is 0.219. The molecule has 2 aliphatic heterocycles. The summed E-state index contributed by atoms with van der Waals surface area (Å²) in [5.41, 5.74) is -0.687. The van der Waals surface area contributed by atoms with Gasteiger partial charge in [0.2, 0.25) is 0 Å². The maximum atomic E-state index is 11.8. The fourth-order valence-corrected chi connectivity index (χ4v) is 4.14. The molecule has 2 N–H and O–H groups in total. The molecule has 28 heavy (non-hydrogen) atoms. The van der Waals surface area contributed by atoms with Crippen LogP contribution in [0.5, 0.6) is 0 Å². The van der Waals surface area contributed by atoms with E-state index >= 15 is 0 Å². The van der Waals surface area contributed by atoms with Crippen LogP contribution in [0.1, 0.15) is 41.0 Å². The van der Waals surface area contributed by atoms with E-state index in [2.05, 4.69) is 5.32 Å². The predicted octanol–water partition coefficient (Wildman–Crippen LogP) is 1.98. The Balaban J connectivity index is 1.78. The molecule has 2 fully saturated rings. The van der Waals surface area contributed by atoms with Gasteiger partial charge in [-0.25, -0.2) is 9.59 Å². The lowest BCUT2D eigenvalue weighted by Gasteiger charge is -2.23. The standard InChI is InChI=1S/C18H31NO8S/c1-17(2,3)27-16(22)19-10(14(20)21)7-8-28-9-11-12-13(15(23-6)24-11)26-18(4,5)25-12/h10-13,15H,7-9H2,1-6H3,(H,19,22)(H,20,21)/t10?,11-,12-,13-,15-/m1/s1. The second kappa shape index (κ2) is 9.17. The van der Waals surface area contributed by atoms with Crippen LogP contribution in [-0.4, -0.2) is 77.8 Å². The van der Waals surface area contributed by atoms with Crippen molar-refractivity contribution in [2.45, 2.75) is 83.1 Å². The van der Waals surface area contributed by atoms with Crippen LogP contribution >= 0.6 is 11.8 Å². The minimum Gasteiger partial charge on any atom is -0.480 e. The monoisotopic (exact) mass is 421 g/mol. The summed E-state index contributed by atoms with van der Waals surface area (Å²) in [6.45, 7) is 8.85. The fourth-order valence-electron chi connectivity index (χ4n) is 3.07. The number of thioether (sulfide) groups is 1. The Hall–Kier alpha value is -1.07. The summed E-state index contributed by atoms with van der Waals surface area (Å²) in [5.74, 6) is -0.673. The third-order valence-corrected chi connectivity index (χ3v) is 5.25. The number of methoxy groups -OCH3 is 1. The first-order chi connectivity index (χ1) is 12.9. The van der Waals surface area contributed by atoms with Gasteiger partial charge in [0.15, 0.2) is 12.1 Å². The topological polar surface area (TPSA) is 113 Å². The average molecular weight is 422 g/mol. The number of amides is 1. The van der Waals surface area contributed by atoms with E-state index in [-0.39, 0.29) is 24.7 Å². The number of aliphatic carboxylic acids is 1. The summed E-state index contributed by atoms with van der Waals surface area (Å²) < 4.78 is 28.1. The summed E-state index contributed by atoms with van der Waals surface area (Å²) in [4.78, 5) is 23.2. The number of ether oxygens (including phenoxy) is 5. The van der Waals surface area contributed by atoms with E-state index in [0.29, 0.717) is 11.5 Å². The number of nitrogens with one attached hydrogen (secondary N) is 1. The molecule has 1 amide bonds. The largest absolute Gasteiger partial charge is 0.480 e. The molecule has 0 saturated carbocycles. The molecule has 2 rings (SSSR count). The third kappa shape index (κ3) is 6.48. The Morgan fingerprint density at radius 2 is 1.89 bits per heavy atom. The molecule has 5 atom stereocenters. The molecule has 1 unspecified atom stereocenters. The smallest absolute Gasteiger partial charge is 0.408 e. The van der Waals surface area contributed by atoms with Crippen LogP contribution in [0.2, 0.25) is 0 Å². The van der Waals surface area contributed by atoms with Gasteiger partial charge in [-0.05, 0) is 46.8 Å². The lowest BCUT2D eigenvalue weighted by molar-refractivity contribution is -0.224. The van der Waals surface area contributed by atoms with E-state index in [4.69, 9.17) is 23.7 Å². The molecule has 0 aromatic heterocycles. The molecule has 0 aromatic carbocycles. The number of alkyl carbamates (subject to hydrolysis) is 1. The third-order valence-electron chi connectivity index (χ3n) is 4.16. The van der Waals surface area contributed by atoms with Gasteiger partial charge in [-0.3, -0.25) is 0 Å². The summed E-state index contributed by atoms with van der Waals surface area (Å²) in [7, 11) is 1.56. The summed E-state index contributed by atoms with van der Waals surface area (Å²) in [6, 6.07) is -1.02. The number of carbonyl (C=O) groups excluding carboxylic acids is 1. The average Bonchev–Trinajstić information content (AvgIpc) is 3.01. The highest BCUT2D eigenvalue weighted by Gasteiger charge is 2.55. The molecule has 10 heteroatoms. The first-order valence-electron chi connectivity index (χ1n) is 9.26. The van der Waals surface area contributed by atoms with Gasteiger partial charge in [0.25, 0.3) is 0 Å². The van der Waals surface area contributed by atoms with Gasteiger partial charge in [-0.15, -0.1) is 0 Å². The SMILES string of the molecule is CO[C@@H]1O[C@H](CSCCC(NC(=O)OC(C)(C)C)C(=O)O)[C@H]2OC(C)(C)O[C@@H]12. The van der Waals surface area contributed by atoms with Crippen LogP contribution in [0, 0.1) is 0 Å². The molecule has 0 aromatic rings. The molecule has 0 bridgehead atoms. The maximum Gasteiger partial charge on any atom is 0.408 e. The van der Waals surface area contributed by atoms with Gasteiger partial charge in [0, 0.05) is 12.9 Å². The highest BCUT2D eigenvalue weighted by Crippen LogP contribution is 2.39. The fraction of sp³-hybridized carbons (Fsp3) is 0.889. The number of fused-ring (bicyclic) bond motifs is 1. The van der Waals surface area contributed by atoms with Crippen molar-refractivity contribution >= 4 is 23.8 Å². The number of carbonyl (C=O) groups is 2. The van der Waals surface area contributed by atoms with Crippen molar-refractivity contribution in [2.75, 3.05) is 18.6 Å². The second-order valence-corrected chi connectivity index (χ2v) is 9.39. The molecular weight excluding hydrogens is 390 g/mol. The Kier molecular flexibility index (Phi) is 7.60. The summed E-state index contributed by atoms with van der Waals surface area (Å²) in [6.07, 6.45) is -1.71. The van der Waals surface area contributed by atoms with Crippen molar-refractivity contribution in [3.05, 3.63) is 0 Å². The lowest BCUT2D eigenvalue weighted by Crippen LogP contribution is -2.43. The van der Waals surface area contributed by atoms with E-state index in [1.807, 2.05) is 13.8 Å². The molecule has 0 radical (unpaired) electrons. The molecular formula is C18H31NO8S. The Morgan fingerprint density at radius 1 is 1.25 bits per heavy atom. The number of hydrogen-bond donors (Lipinski definition) is 2. The van der Waals surface area contributed by atoms with E-state index in [9.17, 15) is 14.7 Å². The zero-order chi connectivity index (χ0) is 21.1. The Labute approximate surface area is 169 Å². The van der Waals surface area contributed by atoms with Crippen LogP contribution in [0.3, 0.4) is 0 Å². The van der Waals surface area contributed by atoms with E-state index in [1.54, 1.807) is 27.9 Å². The van der Waals surface area contributed by atoms with Gasteiger partial charge >= 0.3 is 12.1 Å². The minimum atomic E-state index is -1.10. The first kappa shape index (κ1) is 23.2. The van der Waals surface area contributed by atoms with Gasteiger partial charge < -0.3 is 34.1 Å². The number of hydrogen-bond acceptors (Lipinski definition) is 8. The lowest BCUT2D eigenvalue weighted by atomic mass is 10.2. The first-order valence-corrected chi connectivity index (χ1v) is 10.4. The van der Waals surface area contributed by atoms with Crippen molar-refractivity contribution in [2.24, 2.45) is 0 Å². The van der Waals surface area contributed by atoms with Crippen molar-refractivity contribution in [1.29, 1.82) is 0 Å². The van der Waals surface area contributed by atoms with E-state index < -0.39 is 35.8 Å². The zero-order valence-electron chi connectivity index (χ0n) is 17.2. The Morgan fingerprint density at radius 3 is 2.46 bits per heavy atom. The van der Waals surface area contributed by atoms with Crippen molar-refractivity contribution in [3.63, 3.8) is 0 Å². The summed E-state index contributed by atoms with van der Waals surface area (Å²) >= 11 is 1.53. The van der Waals surface area contributed by atoms with Crippen LogP contribution < -0.4 is 5.32 Å². The van der Waals surface area contributed by atoms with E-state index in [1.165, 1.54) is 11.8 Å². The quantitative estimate of drug-likeness (QED) is 0.568. The van der Waals surface area contributed by atoms with Gasteiger partial charge in [-0.1, -0.05) is 0 Å².